The van der Waals surface area contributed by atoms with Crippen molar-refractivity contribution in [3.8, 4) is 17.1 Å². The highest BCUT2D eigenvalue weighted by Gasteiger charge is 2.08. The van der Waals surface area contributed by atoms with Crippen molar-refractivity contribution < 1.29 is 4.74 Å². The second-order valence-corrected chi connectivity index (χ2v) is 6.90. The number of hydrogen-bond donors (Lipinski definition) is 1. The quantitative estimate of drug-likeness (QED) is 0.681. The number of nitrogens with zero attached hydrogens (tertiary/aromatic N) is 3. The van der Waals surface area contributed by atoms with Crippen molar-refractivity contribution in [2.75, 3.05) is 25.6 Å². The summed E-state index contributed by atoms with van der Waals surface area (Å²) in [4.78, 5) is 25.9. The zero-order chi connectivity index (χ0) is 20.1. The molecule has 28 heavy (non-hydrogen) atoms. The van der Waals surface area contributed by atoms with Gasteiger partial charge >= 0.3 is 0 Å². The second-order valence-electron chi connectivity index (χ2n) is 6.90. The van der Waals surface area contributed by atoms with Crippen LogP contribution in [0.3, 0.4) is 0 Å². The molecule has 6 heteroatoms. The highest BCUT2D eigenvalue weighted by atomic mass is 16.5. The van der Waals surface area contributed by atoms with Crippen LogP contribution in [0.5, 0.6) is 5.75 Å². The maximum Gasteiger partial charge on any atom is 0.254 e. The molecule has 0 aliphatic carbocycles. The first-order valence-electron chi connectivity index (χ1n) is 9.36. The Balaban J connectivity index is 1.60. The minimum absolute atomic E-state index is 0.109. The Bertz CT molecular complexity index is 979. The summed E-state index contributed by atoms with van der Waals surface area (Å²) < 4.78 is 5.19. The van der Waals surface area contributed by atoms with Gasteiger partial charge in [-0.15, -0.1) is 0 Å². The van der Waals surface area contributed by atoms with Crippen LogP contribution in [-0.2, 0) is 6.42 Å². The molecule has 0 fully saturated rings. The normalized spacial score (nSPS) is 10.7. The molecule has 0 saturated heterocycles. The van der Waals surface area contributed by atoms with Gasteiger partial charge in [0.1, 0.15) is 17.4 Å². The van der Waals surface area contributed by atoms with Gasteiger partial charge in [0.25, 0.3) is 5.56 Å². The second kappa shape index (κ2) is 8.69. The molecule has 0 unspecified atom stereocenters. The summed E-state index contributed by atoms with van der Waals surface area (Å²) in [6.45, 7) is 4.51. The molecule has 2 heterocycles. The van der Waals surface area contributed by atoms with E-state index in [4.69, 9.17) is 4.74 Å². The van der Waals surface area contributed by atoms with Crippen LogP contribution in [0.4, 0.5) is 5.82 Å². The van der Waals surface area contributed by atoms with E-state index >= 15 is 0 Å². The molecule has 2 aromatic heterocycles. The number of ether oxygens (including phenoxy) is 1. The van der Waals surface area contributed by atoms with Crippen molar-refractivity contribution in [3.63, 3.8) is 0 Å². The lowest BCUT2D eigenvalue weighted by Gasteiger charge is -2.18. The Morgan fingerprint density at radius 3 is 2.46 bits per heavy atom. The summed E-state index contributed by atoms with van der Waals surface area (Å²) in [5.74, 6) is 2.32. The smallest absolute Gasteiger partial charge is 0.254 e. The van der Waals surface area contributed by atoms with Crippen molar-refractivity contribution in [3.05, 3.63) is 69.8 Å². The first-order chi connectivity index (χ1) is 13.5. The molecule has 146 valence electrons. The van der Waals surface area contributed by atoms with E-state index in [1.165, 1.54) is 5.56 Å². The number of aromatic amines is 1. The van der Waals surface area contributed by atoms with Crippen LogP contribution in [0.2, 0.25) is 0 Å². The van der Waals surface area contributed by atoms with E-state index in [-0.39, 0.29) is 5.56 Å². The third-order valence-electron chi connectivity index (χ3n) is 4.93. The fourth-order valence-electron chi connectivity index (χ4n) is 2.96. The summed E-state index contributed by atoms with van der Waals surface area (Å²) in [5, 5.41) is 0. The van der Waals surface area contributed by atoms with Gasteiger partial charge in [-0.2, -0.15) is 0 Å². The molecular weight excluding hydrogens is 352 g/mol. The van der Waals surface area contributed by atoms with E-state index in [0.717, 1.165) is 42.2 Å². The molecule has 0 aliphatic rings. The van der Waals surface area contributed by atoms with Gasteiger partial charge < -0.3 is 14.6 Å². The number of aryl methyl sites for hydroxylation is 2. The van der Waals surface area contributed by atoms with Crippen molar-refractivity contribution in [2.45, 2.75) is 26.7 Å². The predicted octanol–water partition coefficient (Wildman–Crippen LogP) is 3.53. The van der Waals surface area contributed by atoms with Gasteiger partial charge in [-0.3, -0.25) is 4.79 Å². The van der Waals surface area contributed by atoms with E-state index in [2.05, 4.69) is 32.0 Å². The summed E-state index contributed by atoms with van der Waals surface area (Å²) in [6, 6.07) is 12.1. The molecular formula is C22H26N4O2. The Kier molecular flexibility index (Phi) is 6.09. The average molecular weight is 378 g/mol. The lowest BCUT2D eigenvalue weighted by molar-refractivity contribution is 0.414. The molecule has 0 bridgehead atoms. The van der Waals surface area contributed by atoms with Crippen LogP contribution in [0, 0.1) is 13.8 Å². The Morgan fingerprint density at radius 2 is 1.86 bits per heavy atom. The monoisotopic (exact) mass is 378 g/mol. The molecule has 3 rings (SSSR count). The third-order valence-corrected chi connectivity index (χ3v) is 4.93. The third kappa shape index (κ3) is 4.57. The summed E-state index contributed by atoms with van der Waals surface area (Å²) in [7, 11) is 3.71. The number of nitrogens with one attached hydrogen (secondary N) is 1. The number of benzene rings is 1. The van der Waals surface area contributed by atoms with Crippen LogP contribution >= 0.6 is 0 Å². The van der Waals surface area contributed by atoms with Gasteiger partial charge in [0.15, 0.2) is 0 Å². The summed E-state index contributed by atoms with van der Waals surface area (Å²) in [6.07, 6.45) is 3.78. The van der Waals surface area contributed by atoms with Crippen molar-refractivity contribution in [2.24, 2.45) is 0 Å². The summed E-state index contributed by atoms with van der Waals surface area (Å²) >= 11 is 0. The van der Waals surface area contributed by atoms with Gasteiger partial charge in [0.2, 0.25) is 0 Å². The van der Waals surface area contributed by atoms with E-state index in [1.54, 1.807) is 20.2 Å². The Morgan fingerprint density at radius 1 is 1.11 bits per heavy atom. The molecule has 0 aliphatic heterocycles. The molecule has 1 N–H and O–H groups in total. The molecule has 0 atom stereocenters. The van der Waals surface area contributed by atoms with Gasteiger partial charge in [0, 0.05) is 36.6 Å². The highest BCUT2D eigenvalue weighted by Crippen LogP contribution is 2.18. The maximum absolute atomic E-state index is 11.9. The number of pyridine rings is 1. The predicted molar refractivity (Wildman–Crippen MR) is 112 cm³/mol. The molecule has 0 saturated carbocycles. The van der Waals surface area contributed by atoms with Crippen molar-refractivity contribution in [1.82, 2.24) is 15.0 Å². The van der Waals surface area contributed by atoms with E-state index in [0.29, 0.717) is 11.4 Å². The first kappa shape index (κ1) is 19.6. The standard InChI is InChI=1S/C22H26N4O2/c1-15-16(2)24-21(25-22(15)27)18-9-12-20(23-14-18)26(3)13-5-6-17-7-10-19(28-4)11-8-17/h7-12,14H,5-6,13H2,1-4H3,(H,24,25,27). The molecule has 6 nitrogen and oxygen atoms in total. The molecule has 0 radical (unpaired) electrons. The van der Waals surface area contributed by atoms with E-state index in [1.807, 2.05) is 38.2 Å². The molecule has 1 aromatic carbocycles. The van der Waals surface area contributed by atoms with Gasteiger partial charge in [-0.05, 0) is 56.5 Å². The van der Waals surface area contributed by atoms with Gasteiger partial charge in [-0.25, -0.2) is 9.97 Å². The van der Waals surface area contributed by atoms with Crippen LogP contribution in [0.1, 0.15) is 23.2 Å². The Labute approximate surface area is 165 Å². The lowest BCUT2D eigenvalue weighted by atomic mass is 10.1. The average Bonchev–Trinajstić information content (AvgIpc) is 2.72. The van der Waals surface area contributed by atoms with Gasteiger partial charge in [-0.1, -0.05) is 12.1 Å². The van der Waals surface area contributed by atoms with Gasteiger partial charge in [0.05, 0.1) is 7.11 Å². The number of rotatable bonds is 7. The zero-order valence-corrected chi connectivity index (χ0v) is 16.8. The molecule has 0 amide bonds. The van der Waals surface area contributed by atoms with E-state index in [9.17, 15) is 4.79 Å². The number of methoxy groups -OCH3 is 1. The largest absolute Gasteiger partial charge is 0.497 e. The zero-order valence-electron chi connectivity index (χ0n) is 16.8. The minimum atomic E-state index is -0.109. The maximum atomic E-state index is 11.9. The van der Waals surface area contributed by atoms with Crippen LogP contribution in [0.15, 0.2) is 47.4 Å². The first-order valence-corrected chi connectivity index (χ1v) is 9.36. The van der Waals surface area contributed by atoms with E-state index < -0.39 is 0 Å². The number of H-pyrrole nitrogens is 1. The topological polar surface area (TPSA) is 71.1 Å². The number of aromatic nitrogens is 3. The summed E-state index contributed by atoms with van der Waals surface area (Å²) in [5.41, 5.74) is 3.36. The Hall–Kier alpha value is -3.15. The van der Waals surface area contributed by atoms with Crippen LogP contribution < -0.4 is 15.2 Å². The fourth-order valence-corrected chi connectivity index (χ4v) is 2.96. The highest BCUT2D eigenvalue weighted by molar-refractivity contribution is 5.56. The van der Waals surface area contributed by atoms with Crippen LogP contribution in [0.25, 0.3) is 11.4 Å². The fraction of sp³-hybridized carbons (Fsp3) is 0.318. The molecule has 3 aromatic rings. The SMILES string of the molecule is COc1ccc(CCCN(C)c2ccc(-c3nc(C)c(C)c(=O)[nH]3)cn2)cc1. The lowest BCUT2D eigenvalue weighted by Crippen LogP contribution is -2.20. The molecule has 0 spiro atoms. The van der Waals surface area contributed by atoms with Crippen molar-refractivity contribution >= 4 is 5.82 Å². The number of anilines is 1. The number of hydrogen-bond acceptors (Lipinski definition) is 5. The van der Waals surface area contributed by atoms with Crippen molar-refractivity contribution in [1.29, 1.82) is 0 Å². The minimum Gasteiger partial charge on any atom is -0.497 e. The van der Waals surface area contributed by atoms with Crippen LogP contribution in [-0.4, -0.2) is 35.7 Å².